The highest BCUT2D eigenvalue weighted by atomic mass is 16.2. The number of amides is 2. The van der Waals surface area contributed by atoms with E-state index in [1.807, 2.05) is 6.92 Å². The summed E-state index contributed by atoms with van der Waals surface area (Å²) in [7, 11) is 0. The van der Waals surface area contributed by atoms with Gasteiger partial charge in [-0.2, -0.15) is 0 Å². The molecule has 2 amide bonds. The summed E-state index contributed by atoms with van der Waals surface area (Å²) in [6.07, 6.45) is 0.873. The monoisotopic (exact) mass is 264 g/mol. The molecule has 1 aromatic rings. The first-order valence-corrected chi connectivity index (χ1v) is 6.19. The maximum absolute atomic E-state index is 11.7. The number of benzene rings is 1. The van der Waals surface area contributed by atoms with Gasteiger partial charge in [0.15, 0.2) is 0 Å². The molecule has 0 saturated heterocycles. The number of anilines is 2. The van der Waals surface area contributed by atoms with Crippen LogP contribution < -0.4 is 22.1 Å². The van der Waals surface area contributed by atoms with E-state index in [0.29, 0.717) is 23.5 Å². The lowest BCUT2D eigenvalue weighted by molar-refractivity contribution is -0.121. The van der Waals surface area contributed by atoms with Crippen LogP contribution >= 0.6 is 0 Å². The van der Waals surface area contributed by atoms with Crippen LogP contribution in [0.25, 0.3) is 0 Å². The van der Waals surface area contributed by atoms with E-state index < -0.39 is 11.9 Å². The Balaban J connectivity index is 2.78. The van der Waals surface area contributed by atoms with E-state index in [9.17, 15) is 9.59 Å². The first-order chi connectivity index (χ1) is 8.95. The first kappa shape index (κ1) is 14.8. The summed E-state index contributed by atoms with van der Waals surface area (Å²) < 4.78 is 0. The minimum absolute atomic E-state index is 0.120. The first-order valence-electron chi connectivity index (χ1n) is 6.19. The van der Waals surface area contributed by atoms with E-state index in [1.165, 1.54) is 0 Å². The molecule has 1 aromatic carbocycles. The molecule has 0 aliphatic heterocycles. The average Bonchev–Trinajstić information content (AvgIpc) is 2.38. The van der Waals surface area contributed by atoms with Crippen LogP contribution in [-0.2, 0) is 4.79 Å². The molecular weight excluding hydrogens is 244 g/mol. The third-order valence-electron chi connectivity index (χ3n) is 2.65. The summed E-state index contributed by atoms with van der Waals surface area (Å²) in [6.45, 7) is 4.33. The fourth-order valence-electron chi connectivity index (χ4n) is 1.53. The van der Waals surface area contributed by atoms with Gasteiger partial charge in [-0.3, -0.25) is 9.59 Å². The van der Waals surface area contributed by atoms with Crippen molar-refractivity contribution >= 4 is 23.2 Å². The molecule has 6 N–H and O–H groups in total. The minimum atomic E-state index is -0.536. The molecule has 0 fully saturated rings. The Hall–Kier alpha value is -2.24. The fourth-order valence-corrected chi connectivity index (χ4v) is 1.53. The van der Waals surface area contributed by atoms with Gasteiger partial charge in [-0.05, 0) is 31.5 Å². The van der Waals surface area contributed by atoms with Gasteiger partial charge in [0.1, 0.15) is 6.04 Å². The van der Waals surface area contributed by atoms with E-state index in [-0.39, 0.29) is 5.91 Å². The average molecular weight is 264 g/mol. The second kappa shape index (κ2) is 6.63. The predicted molar refractivity (Wildman–Crippen MR) is 75.8 cm³/mol. The number of primary amides is 1. The van der Waals surface area contributed by atoms with Gasteiger partial charge < -0.3 is 22.1 Å². The smallest absolute Gasteiger partial charge is 0.248 e. The number of nitrogen functional groups attached to an aromatic ring is 1. The van der Waals surface area contributed by atoms with E-state index in [2.05, 4.69) is 10.6 Å². The topological polar surface area (TPSA) is 110 Å². The van der Waals surface area contributed by atoms with Crippen LogP contribution in [0.1, 0.15) is 30.6 Å². The molecule has 0 aliphatic rings. The Morgan fingerprint density at radius 3 is 2.63 bits per heavy atom. The molecule has 0 aliphatic carbocycles. The standard InChI is InChI=1S/C13H20N4O2/c1-3-6-16-13(19)8(2)17-11-7-9(12(15)18)4-5-10(11)14/h4-5,7-8,17H,3,6,14H2,1-2H3,(H2,15,18)(H,16,19). The largest absolute Gasteiger partial charge is 0.397 e. The van der Waals surface area contributed by atoms with Crippen molar-refractivity contribution in [1.29, 1.82) is 0 Å². The lowest BCUT2D eigenvalue weighted by Gasteiger charge is -2.17. The van der Waals surface area contributed by atoms with Crippen LogP contribution in [0.4, 0.5) is 11.4 Å². The van der Waals surface area contributed by atoms with Gasteiger partial charge in [0.05, 0.1) is 11.4 Å². The van der Waals surface area contributed by atoms with E-state index in [4.69, 9.17) is 11.5 Å². The number of rotatable bonds is 6. The van der Waals surface area contributed by atoms with E-state index in [0.717, 1.165) is 6.42 Å². The molecule has 1 unspecified atom stereocenters. The molecule has 1 rings (SSSR count). The molecule has 104 valence electrons. The Labute approximate surface area is 112 Å². The maximum atomic E-state index is 11.7. The molecule has 0 radical (unpaired) electrons. The lowest BCUT2D eigenvalue weighted by atomic mass is 10.1. The number of nitrogens with one attached hydrogen (secondary N) is 2. The molecule has 0 heterocycles. The van der Waals surface area contributed by atoms with Crippen molar-refractivity contribution in [3.05, 3.63) is 23.8 Å². The highest BCUT2D eigenvalue weighted by Gasteiger charge is 2.14. The van der Waals surface area contributed by atoms with Gasteiger partial charge in [-0.15, -0.1) is 0 Å². The second-order valence-corrected chi connectivity index (χ2v) is 4.32. The Bertz CT molecular complexity index is 474. The van der Waals surface area contributed by atoms with Crippen LogP contribution in [0.15, 0.2) is 18.2 Å². The summed E-state index contributed by atoms with van der Waals surface area (Å²) in [5.74, 6) is -0.656. The zero-order valence-electron chi connectivity index (χ0n) is 11.2. The lowest BCUT2D eigenvalue weighted by Crippen LogP contribution is -2.38. The third-order valence-corrected chi connectivity index (χ3v) is 2.65. The molecule has 0 saturated carbocycles. The summed E-state index contributed by atoms with van der Waals surface area (Å²) in [5.41, 5.74) is 12.3. The normalized spacial score (nSPS) is 11.7. The highest BCUT2D eigenvalue weighted by molar-refractivity contribution is 5.95. The molecular formula is C13H20N4O2. The Morgan fingerprint density at radius 2 is 2.05 bits per heavy atom. The number of carbonyl (C=O) groups is 2. The van der Waals surface area contributed by atoms with E-state index in [1.54, 1.807) is 25.1 Å². The van der Waals surface area contributed by atoms with E-state index >= 15 is 0 Å². The Morgan fingerprint density at radius 1 is 1.37 bits per heavy atom. The predicted octanol–water partition coefficient (Wildman–Crippen LogP) is 0.694. The van der Waals surface area contributed by atoms with Gasteiger partial charge in [0.2, 0.25) is 11.8 Å². The number of carbonyl (C=O) groups excluding carboxylic acids is 2. The van der Waals surface area contributed by atoms with Gasteiger partial charge >= 0.3 is 0 Å². The van der Waals surface area contributed by atoms with Crippen molar-refractivity contribution in [2.24, 2.45) is 5.73 Å². The zero-order chi connectivity index (χ0) is 14.4. The fraction of sp³-hybridized carbons (Fsp3) is 0.385. The molecule has 0 spiro atoms. The summed E-state index contributed by atoms with van der Waals surface area (Å²) in [6, 6.07) is 4.22. The quantitative estimate of drug-likeness (QED) is 0.567. The van der Waals surface area contributed by atoms with Crippen LogP contribution in [0, 0.1) is 0 Å². The number of hydrogen-bond donors (Lipinski definition) is 4. The van der Waals surface area contributed by atoms with Crippen molar-refractivity contribution < 1.29 is 9.59 Å². The third kappa shape index (κ3) is 4.17. The summed E-state index contributed by atoms with van der Waals surface area (Å²) >= 11 is 0. The maximum Gasteiger partial charge on any atom is 0.248 e. The van der Waals surface area contributed by atoms with Crippen LogP contribution in [0.2, 0.25) is 0 Å². The molecule has 6 nitrogen and oxygen atoms in total. The van der Waals surface area contributed by atoms with Crippen molar-refractivity contribution in [3.63, 3.8) is 0 Å². The summed E-state index contributed by atoms with van der Waals surface area (Å²) in [5, 5.41) is 5.74. The SMILES string of the molecule is CCCNC(=O)C(C)Nc1cc(C(N)=O)ccc1N. The molecule has 1 atom stereocenters. The molecule has 0 bridgehead atoms. The van der Waals surface area contributed by atoms with Crippen molar-refractivity contribution in [1.82, 2.24) is 5.32 Å². The Kier molecular flexibility index (Phi) is 5.17. The molecule has 6 heteroatoms. The minimum Gasteiger partial charge on any atom is -0.397 e. The second-order valence-electron chi connectivity index (χ2n) is 4.32. The van der Waals surface area contributed by atoms with Crippen molar-refractivity contribution in [2.75, 3.05) is 17.6 Å². The van der Waals surface area contributed by atoms with Gasteiger partial charge in [0.25, 0.3) is 0 Å². The van der Waals surface area contributed by atoms with Gasteiger partial charge in [-0.1, -0.05) is 6.92 Å². The van der Waals surface area contributed by atoms with Crippen molar-refractivity contribution in [2.45, 2.75) is 26.3 Å². The van der Waals surface area contributed by atoms with Gasteiger partial charge in [0, 0.05) is 12.1 Å². The summed E-state index contributed by atoms with van der Waals surface area (Å²) in [4.78, 5) is 22.8. The van der Waals surface area contributed by atoms with Crippen molar-refractivity contribution in [3.8, 4) is 0 Å². The highest BCUT2D eigenvalue weighted by Crippen LogP contribution is 2.20. The zero-order valence-corrected chi connectivity index (χ0v) is 11.2. The van der Waals surface area contributed by atoms with Crippen LogP contribution in [0.3, 0.4) is 0 Å². The molecule has 19 heavy (non-hydrogen) atoms. The van der Waals surface area contributed by atoms with Crippen LogP contribution in [-0.4, -0.2) is 24.4 Å². The van der Waals surface area contributed by atoms with Crippen LogP contribution in [0.5, 0.6) is 0 Å². The van der Waals surface area contributed by atoms with Gasteiger partial charge in [-0.25, -0.2) is 0 Å². The number of nitrogens with two attached hydrogens (primary N) is 2. The number of hydrogen-bond acceptors (Lipinski definition) is 4. The molecule has 0 aromatic heterocycles.